The Morgan fingerprint density at radius 1 is 1.46 bits per heavy atom. The lowest BCUT2D eigenvalue weighted by Crippen LogP contribution is -2.55. The van der Waals surface area contributed by atoms with Gasteiger partial charge in [-0.3, -0.25) is 15.0 Å². The van der Waals surface area contributed by atoms with Crippen LogP contribution in [0.3, 0.4) is 0 Å². The fourth-order valence-electron chi connectivity index (χ4n) is 2.46. The summed E-state index contributed by atoms with van der Waals surface area (Å²) in [6.45, 7) is 2.39. The zero-order chi connectivity index (χ0) is 17.9. The average molecular weight is 366 g/mol. The summed E-state index contributed by atoms with van der Waals surface area (Å²) < 4.78 is 37.3. The number of carboxylic acids is 1. The van der Waals surface area contributed by atoms with Crippen LogP contribution in [0.5, 0.6) is 0 Å². The highest BCUT2D eigenvalue weighted by molar-refractivity contribution is 7.13. The summed E-state index contributed by atoms with van der Waals surface area (Å²) in [7, 11) is 0. The lowest BCUT2D eigenvalue weighted by Gasteiger charge is -2.42. The zero-order valence-electron chi connectivity index (χ0n) is 12.8. The highest BCUT2D eigenvalue weighted by Gasteiger charge is 2.36. The Bertz CT molecular complexity index is 602. The Balaban J connectivity index is 1.76. The van der Waals surface area contributed by atoms with Crippen molar-refractivity contribution in [3.05, 3.63) is 11.1 Å². The minimum absolute atomic E-state index is 0.0561. The van der Waals surface area contributed by atoms with Gasteiger partial charge in [-0.05, 0) is 19.4 Å². The van der Waals surface area contributed by atoms with Gasteiger partial charge in [0.2, 0.25) is 0 Å². The SMILES string of the molecule is CCN(CC(=O)O)C1CC(NC(=O)Nc2nc(C(F)(F)F)cs2)C1. The Hall–Kier alpha value is -1.88. The molecule has 0 aromatic carbocycles. The Labute approximate surface area is 139 Å². The van der Waals surface area contributed by atoms with Gasteiger partial charge in [0.1, 0.15) is 0 Å². The maximum Gasteiger partial charge on any atom is 0.434 e. The summed E-state index contributed by atoms with van der Waals surface area (Å²) in [6.07, 6.45) is -3.34. The average Bonchev–Trinajstić information content (AvgIpc) is 2.88. The Morgan fingerprint density at radius 3 is 2.62 bits per heavy atom. The van der Waals surface area contributed by atoms with E-state index in [2.05, 4.69) is 15.6 Å². The molecule has 134 valence electrons. The van der Waals surface area contributed by atoms with E-state index in [1.54, 1.807) is 4.90 Å². The normalized spacial score (nSPS) is 20.5. The molecule has 0 aliphatic heterocycles. The van der Waals surface area contributed by atoms with Gasteiger partial charge in [0.15, 0.2) is 10.8 Å². The van der Waals surface area contributed by atoms with Crippen LogP contribution < -0.4 is 10.6 Å². The van der Waals surface area contributed by atoms with Gasteiger partial charge >= 0.3 is 18.2 Å². The molecule has 1 fully saturated rings. The number of aliphatic carboxylic acids is 1. The number of nitrogens with zero attached hydrogens (tertiary/aromatic N) is 2. The number of nitrogens with one attached hydrogen (secondary N) is 2. The van der Waals surface area contributed by atoms with Crippen LogP contribution in [0.15, 0.2) is 5.38 Å². The highest BCUT2D eigenvalue weighted by atomic mass is 32.1. The van der Waals surface area contributed by atoms with Crippen molar-refractivity contribution >= 4 is 28.5 Å². The first-order valence-corrected chi connectivity index (χ1v) is 8.13. The number of hydrogen-bond donors (Lipinski definition) is 3. The molecule has 1 aliphatic carbocycles. The molecule has 0 atom stereocenters. The summed E-state index contributed by atoms with van der Waals surface area (Å²) in [5.41, 5.74) is -1.04. The van der Waals surface area contributed by atoms with Crippen molar-refractivity contribution in [2.45, 2.75) is 38.0 Å². The van der Waals surface area contributed by atoms with Gasteiger partial charge < -0.3 is 10.4 Å². The maximum atomic E-state index is 12.4. The van der Waals surface area contributed by atoms with E-state index in [9.17, 15) is 22.8 Å². The van der Waals surface area contributed by atoms with Gasteiger partial charge in [-0.1, -0.05) is 6.92 Å². The summed E-state index contributed by atoms with van der Waals surface area (Å²) in [4.78, 5) is 27.6. The van der Waals surface area contributed by atoms with E-state index in [0.717, 1.165) is 5.38 Å². The molecule has 24 heavy (non-hydrogen) atoms. The van der Waals surface area contributed by atoms with Gasteiger partial charge in [0.05, 0.1) is 6.54 Å². The molecular formula is C13H17F3N4O3S. The number of carbonyl (C=O) groups is 2. The fraction of sp³-hybridized carbons (Fsp3) is 0.615. The highest BCUT2D eigenvalue weighted by Crippen LogP contribution is 2.31. The standard InChI is InChI=1S/C13H17F3N4O3S/c1-2-20(5-10(21)22)8-3-7(4-8)17-11(23)19-12-18-9(6-24-12)13(14,15)16/h6-8H,2-5H2,1H3,(H,21,22)(H2,17,18,19,23). The van der Waals surface area contributed by atoms with Crippen LogP contribution in [0, 0.1) is 0 Å². The van der Waals surface area contributed by atoms with Crippen molar-refractivity contribution in [1.29, 1.82) is 0 Å². The van der Waals surface area contributed by atoms with Crippen LogP contribution >= 0.6 is 11.3 Å². The van der Waals surface area contributed by atoms with Crippen LogP contribution in [0.25, 0.3) is 0 Å². The van der Waals surface area contributed by atoms with Gasteiger partial charge in [-0.2, -0.15) is 13.2 Å². The number of carbonyl (C=O) groups excluding carboxylic acids is 1. The molecule has 11 heteroatoms. The van der Waals surface area contributed by atoms with Crippen molar-refractivity contribution in [3.63, 3.8) is 0 Å². The summed E-state index contributed by atoms with van der Waals surface area (Å²) in [6, 6.07) is -0.684. The lowest BCUT2D eigenvalue weighted by molar-refractivity contribution is -0.141. The van der Waals surface area contributed by atoms with Gasteiger partial charge in [-0.15, -0.1) is 11.3 Å². The number of anilines is 1. The largest absolute Gasteiger partial charge is 0.480 e. The molecule has 1 aromatic rings. The second kappa shape index (κ2) is 7.34. The first-order chi connectivity index (χ1) is 11.2. The molecule has 2 rings (SSSR count). The molecule has 1 aromatic heterocycles. The van der Waals surface area contributed by atoms with E-state index in [0.29, 0.717) is 30.7 Å². The monoisotopic (exact) mass is 366 g/mol. The van der Waals surface area contributed by atoms with Crippen LogP contribution in [0.4, 0.5) is 23.1 Å². The molecule has 0 spiro atoms. The third kappa shape index (κ3) is 4.81. The molecule has 3 N–H and O–H groups in total. The topological polar surface area (TPSA) is 94.6 Å². The number of thiazole rings is 1. The van der Waals surface area contributed by atoms with Crippen LogP contribution in [-0.2, 0) is 11.0 Å². The van der Waals surface area contributed by atoms with E-state index >= 15 is 0 Å². The molecule has 0 bridgehead atoms. The summed E-state index contributed by atoms with van der Waals surface area (Å²) in [5, 5.41) is 14.4. The van der Waals surface area contributed by atoms with Crippen molar-refractivity contribution in [2.75, 3.05) is 18.4 Å². The number of aromatic nitrogens is 1. The quantitative estimate of drug-likeness (QED) is 0.718. The molecule has 7 nitrogen and oxygen atoms in total. The molecule has 0 saturated heterocycles. The van der Waals surface area contributed by atoms with Gasteiger partial charge in [0.25, 0.3) is 0 Å². The second-order valence-corrected chi connectivity index (χ2v) is 6.27. The predicted octanol–water partition coefficient (Wildman–Crippen LogP) is 2.22. The van der Waals surface area contributed by atoms with E-state index in [1.807, 2.05) is 6.92 Å². The van der Waals surface area contributed by atoms with Crippen molar-refractivity contribution in [1.82, 2.24) is 15.2 Å². The number of alkyl halides is 3. The van der Waals surface area contributed by atoms with Crippen LogP contribution in [-0.4, -0.2) is 52.2 Å². The number of rotatable bonds is 6. The minimum atomic E-state index is -4.54. The van der Waals surface area contributed by atoms with Crippen molar-refractivity contribution in [3.8, 4) is 0 Å². The van der Waals surface area contributed by atoms with Gasteiger partial charge in [0, 0.05) is 17.5 Å². The Kier molecular flexibility index (Phi) is 5.65. The van der Waals surface area contributed by atoms with Crippen molar-refractivity contribution < 1.29 is 27.9 Å². The van der Waals surface area contributed by atoms with Crippen molar-refractivity contribution in [2.24, 2.45) is 0 Å². The van der Waals surface area contributed by atoms with Gasteiger partial charge in [-0.25, -0.2) is 9.78 Å². The molecular weight excluding hydrogens is 349 g/mol. The fourth-order valence-corrected chi connectivity index (χ4v) is 3.17. The lowest BCUT2D eigenvalue weighted by atomic mass is 9.85. The molecule has 0 unspecified atom stereocenters. The summed E-state index contributed by atoms with van der Waals surface area (Å²) >= 11 is 0.697. The first-order valence-electron chi connectivity index (χ1n) is 7.25. The number of halogens is 3. The third-order valence-electron chi connectivity index (χ3n) is 3.72. The molecule has 0 radical (unpaired) electrons. The Morgan fingerprint density at radius 2 is 2.12 bits per heavy atom. The van der Waals surface area contributed by atoms with E-state index < -0.39 is 23.9 Å². The third-order valence-corrected chi connectivity index (χ3v) is 4.48. The molecule has 1 saturated carbocycles. The number of likely N-dealkylation sites (N-methyl/N-ethyl adjacent to an activating group) is 1. The number of amides is 2. The smallest absolute Gasteiger partial charge is 0.434 e. The van der Waals surface area contributed by atoms with E-state index in [1.165, 1.54) is 0 Å². The first kappa shape index (κ1) is 18.5. The number of hydrogen-bond acceptors (Lipinski definition) is 5. The molecule has 1 heterocycles. The van der Waals surface area contributed by atoms with E-state index in [-0.39, 0.29) is 23.8 Å². The van der Waals surface area contributed by atoms with Crippen LogP contribution in [0.1, 0.15) is 25.5 Å². The van der Waals surface area contributed by atoms with Crippen LogP contribution in [0.2, 0.25) is 0 Å². The summed E-state index contributed by atoms with van der Waals surface area (Å²) in [5.74, 6) is -0.907. The number of carboxylic acid groups (broad SMARTS) is 1. The van der Waals surface area contributed by atoms with E-state index in [4.69, 9.17) is 5.11 Å². The predicted molar refractivity (Wildman–Crippen MR) is 81.0 cm³/mol. The number of urea groups is 1. The minimum Gasteiger partial charge on any atom is -0.480 e. The molecule has 2 amide bonds. The zero-order valence-corrected chi connectivity index (χ0v) is 13.6. The second-order valence-electron chi connectivity index (χ2n) is 5.41. The molecule has 1 aliphatic rings. The maximum absolute atomic E-state index is 12.4.